The molecule has 114 valence electrons. The minimum Gasteiger partial charge on any atom is -0.497 e. The number of aromatic nitrogens is 2. The summed E-state index contributed by atoms with van der Waals surface area (Å²) >= 11 is 0. The van der Waals surface area contributed by atoms with Crippen molar-refractivity contribution in [2.75, 3.05) is 33.8 Å². The van der Waals surface area contributed by atoms with Crippen molar-refractivity contribution in [2.24, 2.45) is 0 Å². The van der Waals surface area contributed by atoms with Crippen LogP contribution in [0.25, 0.3) is 11.5 Å². The number of hydrogen-bond donors (Lipinski definition) is 1. The van der Waals surface area contributed by atoms with Crippen LogP contribution in [0.3, 0.4) is 0 Å². The Morgan fingerprint density at radius 2 is 2.10 bits per heavy atom. The molecule has 1 aromatic carbocycles. The molecule has 7 heteroatoms. The van der Waals surface area contributed by atoms with Gasteiger partial charge in [-0.3, -0.25) is 4.90 Å². The summed E-state index contributed by atoms with van der Waals surface area (Å²) in [5.74, 6) is 2.08. The molecule has 1 fully saturated rings. The lowest BCUT2D eigenvalue weighted by Crippen LogP contribution is -2.44. The summed E-state index contributed by atoms with van der Waals surface area (Å²) in [6.45, 7) is 2.82. The Kier molecular flexibility index (Phi) is 5.17. The van der Waals surface area contributed by atoms with E-state index >= 15 is 0 Å². The highest BCUT2D eigenvalue weighted by Crippen LogP contribution is 2.24. The van der Waals surface area contributed by atoms with E-state index in [-0.39, 0.29) is 18.4 Å². The minimum absolute atomic E-state index is 0. The van der Waals surface area contributed by atoms with E-state index < -0.39 is 0 Å². The van der Waals surface area contributed by atoms with Crippen molar-refractivity contribution in [3.05, 3.63) is 30.1 Å². The molecule has 1 unspecified atom stereocenters. The summed E-state index contributed by atoms with van der Waals surface area (Å²) in [7, 11) is 3.72. The summed E-state index contributed by atoms with van der Waals surface area (Å²) in [5.41, 5.74) is 0.899. The van der Waals surface area contributed by atoms with Crippen molar-refractivity contribution in [1.82, 2.24) is 20.4 Å². The van der Waals surface area contributed by atoms with Gasteiger partial charge in [0.1, 0.15) is 5.75 Å². The second-order valence-corrected chi connectivity index (χ2v) is 4.89. The van der Waals surface area contributed by atoms with Crippen LogP contribution in [0.15, 0.2) is 28.8 Å². The third-order valence-electron chi connectivity index (χ3n) is 3.59. The van der Waals surface area contributed by atoms with E-state index in [2.05, 4.69) is 27.4 Å². The summed E-state index contributed by atoms with van der Waals surface area (Å²) in [6, 6.07) is 7.76. The largest absolute Gasteiger partial charge is 0.497 e. The fourth-order valence-electron chi connectivity index (χ4n) is 2.32. The van der Waals surface area contributed by atoms with E-state index in [0.29, 0.717) is 5.89 Å². The van der Waals surface area contributed by atoms with E-state index in [1.807, 2.05) is 24.3 Å². The number of hydrogen-bond acceptors (Lipinski definition) is 6. The Labute approximate surface area is 129 Å². The van der Waals surface area contributed by atoms with Gasteiger partial charge in [0.2, 0.25) is 0 Å². The maximum absolute atomic E-state index is 5.37. The van der Waals surface area contributed by atoms with E-state index in [9.17, 15) is 0 Å². The molecule has 1 aliphatic rings. The molecule has 1 atom stereocenters. The first-order valence-corrected chi connectivity index (χ1v) is 6.67. The molecule has 0 amide bonds. The van der Waals surface area contributed by atoms with Crippen LogP contribution in [0, 0.1) is 0 Å². The zero-order valence-corrected chi connectivity index (χ0v) is 12.9. The third kappa shape index (κ3) is 3.34. The van der Waals surface area contributed by atoms with Gasteiger partial charge < -0.3 is 14.6 Å². The molecule has 0 bridgehead atoms. The summed E-state index contributed by atoms with van der Waals surface area (Å²) < 4.78 is 10.5. The zero-order chi connectivity index (χ0) is 13.9. The van der Waals surface area contributed by atoms with Gasteiger partial charge in [-0.25, -0.2) is 0 Å². The second kappa shape index (κ2) is 6.89. The van der Waals surface area contributed by atoms with Crippen LogP contribution >= 0.6 is 12.4 Å². The molecular weight excluding hydrogens is 292 g/mol. The molecule has 1 aromatic heterocycles. The molecule has 3 rings (SSSR count). The number of likely N-dealkylation sites (N-methyl/N-ethyl adjacent to an activating group) is 1. The maximum atomic E-state index is 5.37. The lowest BCUT2D eigenvalue weighted by atomic mass is 10.2. The van der Waals surface area contributed by atoms with Gasteiger partial charge in [0, 0.05) is 25.2 Å². The Balaban J connectivity index is 0.00000161. The highest BCUT2D eigenvalue weighted by atomic mass is 35.5. The SMILES string of the molecule is COc1ccc(-c2nc(C3CNCCN3C)no2)cc1.Cl. The number of rotatable bonds is 3. The van der Waals surface area contributed by atoms with Crippen LogP contribution in [0.1, 0.15) is 11.9 Å². The van der Waals surface area contributed by atoms with E-state index in [1.165, 1.54) is 0 Å². The van der Waals surface area contributed by atoms with Crippen molar-refractivity contribution in [2.45, 2.75) is 6.04 Å². The fraction of sp³-hybridized carbons (Fsp3) is 0.429. The topological polar surface area (TPSA) is 63.4 Å². The number of benzene rings is 1. The molecular formula is C14H19ClN4O2. The van der Waals surface area contributed by atoms with Crippen LogP contribution in [-0.2, 0) is 0 Å². The normalized spacial score (nSPS) is 19.0. The van der Waals surface area contributed by atoms with Gasteiger partial charge >= 0.3 is 0 Å². The highest BCUT2D eigenvalue weighted by molar-refractivity contribution is 5.85. The molecule has 1 aliphatic heterocycles. The monoisotopic (exact) mass is 310 g/mol. The Bertz CT molecular complexity index is 573. The number of methoxy groups -OCH3 is 1. The summed E-state index contributed by atoms with van der Waals surface area (Å²) in [5, 5.41) is 7.46. The van der Waals surface area contributed by atoms with Crippen LogP contribution in [0.5, 0.6) is 5.75 Å². The van der Waals surface area contributed by atoms with E-state index in [0.717, 1.165) is 36.8 Å². The lowest BCUT2D eigenvalue weighted by molar-refractivity contribution is 0.190. The molecule has 2 aromatic rings. The minimum atomic E-state index is 0. The van der Waals surface area contributed by atoms with Crippen LogP contribution in [0.2, 0.25) is 0 Å². The zero-order valence-electron chi connectivity index (χ0n) is 12.1. The Morgan fingerprint density at radius 1 is 1.33 bits per heavy atom. The number of halogens is 1. The van der Waals surface area contributed by atoms with Crippen molar-refractivity contribution < 1.29 is 9.26 Å². The first-order chi connectivity index (χ1) is 9.78. The van der Waals surface area contributed by atoms with Crippen LogP contribution in [-0.4, -0.2) is 48.8 Å². The van der Waals surface area contributed by atoms with Crippen LogP contribution < -0.4 is 10.1 Å². The molecule has 0 radical (unpaired) electrons. The van der Waals surface area contributed by atoms with Crippen molar-refractivity contribution in [3.63, 3.8) is 0 Å². The first-order valence-electron chi connectivity index (χ1n) is 6.67. The number of nitrogens with one attached hydrogen (secondary N) is 1. The highest BCUT2D eigenvalue weighted by Gasteiger charge is 2.25. The molecule has 6 nitrogen and oxygen atoms in total. The first kappa shape index (κ1) is 15.8. The molecule has 2 heterocycles. The van der Waals surface area contributed by atoms with Gasteiger partial charge in [-0.15, -0.1) is 12.4 Å². The van der Waals surface area contributed by atoms with Gasteiger partial charge in [0.25, 0.3) is 5.89 Å². The predicted octanol–water partition coefficient (Wildman–Crippen LogP) is 1.74. The van der Waals surface area contributed by atoms with Gasteiger partial charge in [-0.1, -0.05) is 5.16 Å². The fourth-order valence-corrected chi connectivity index (χ4v) is 2.32. The summed E-state index contributed by atoms with van der Waals surface area (Å²) in [4.78, 5) is 6.75. The average molecular weight is 311 g/mol. The Hall–Kier alpha value is -1.63. The van der Waals surface area contributed by atoms with Gasteiger partial charge in [0.05, 0.1) is 13.2 Å². The number of nitrogens with zero attached hydrogens (tertiary/aromatic N) is 3. The van der Waals surface area contributed by atoms with Crippen molar-refractivity contribution >= 4 is 12.4 Å². The molecule has 0 saturated carbocycles. The molecule has 1 N–H and O–H groups in total. The van der Waals surface area contributed by atoms with Gasteiger partial charge in [-0.05, 0) is 31.3 Å². The van der Waals surface area contributed by atoms with Gasteiger partial charge in [0.15, 0.2) is 5.82 Å². The van der Waals surface area contributed by atoms with Crippen molar-refractivity contribution in [1.29, 1.82) is 0 Å². The predicted molar refractivity (Wildman–Crippen MR) is 81.8 cm³/mol. The number of ether oxygens (including phenoxy) is 1. The Morgan fingerprint density at radius 3 is 2.76 bits per heavy atom. The van der Waals surface area contributed by atoms with Crippen LogP contribution in [0.4, 0.5) is 0 Å². The van der Waals surface area contributed by atoms with E-state index in [1.54, 1.807) is 7.11 Å². The standard InChI is InChI=1S/C14H18N4O2.ClH/c1-18-8-7-15-9-12(18)13-16-14(20-17-13)10-3-5-11(19-2)6-4-10;/h3-6,12,15H,7-9H2,1-2H3;1H. The maximum Gasteiger partial charge on any atom is 0.257 e. The molecule has 1 saturated heterocycles. The van der Waals surface area contributed by atoms with Crippen molar-refractivity contribution in [3.8, 4) is 17.2 Å². The number of piperazine rings is 1. The summed E-state index contributed by atoms with van der Waals surface area (Å²) in [6.07, 6.45) is 0. The average Bonchev–Trinajstić information content (AvgIpc) is 2.97. The second-order valence-electron chi connectivity index (χ2n) is 4.89. The molecule has 0 spiro atoms. The quantitative estimate of drug-likeness (QED) is 0.932. The smallest absolute Gasteiger partial charge is 0.257 e. The molecule has 21 heavy (non-hydrogen) atoms. The lowest BCUT2D eigenvalue weighted by Gasteiger charge is -2.30. The molecule has 0 aliphatic carbocycles. The third-order valence-corrected chi connectivity index (χ3v) is 3.59. The van der Waals surface area contributed by atoms with E-state index in [4.69, 9.17) is 9.26 Å². The van der Waals surface area contributed by atoms with Gasteiger partial charge in [-0.2, -0.15) is 4.98 Å².